The highest BCUT2D eigenvalue weighted by molar-refractivity contribution is 7.07. The highest BCUT2D eigenvalue weighted by Crippen LogP contribution is 2.15. The Balaban J connectivity index is 2.13. The molecule has 2 aromatic rings. The van der Waals surface area contributed by atoms with E-state index in [1.807, 2.05) is 11.4 Å². The van der Waals surface area contributed by atoms with Gasteiger partial charge in [0.05, 0.1) is 17.4 Å². The van der Waals surface area contributed by atoms with Gasteiger partial charge >= 0.3 is 0 Å². The molecule has 3 N–H and O–H groups in total. The molecule has 0 atom stereocenters. The summed E-state index contributed by atoms with van der Waals surface area (Å²) in [4.78, 5) is 4.09. The van der Waals surface area contributed by atoms with Crippen molar-refractivity contribution in [2.75, 3.05) is 11.1 Å². The summed E-state index contributed by atoms with van der Waals surface area (Å²) >= 11 is 1.64. The summed E-state index contributed by atoms with van der Waals surface area (Å²) in [7, 11) is 0. The first kappa shape index (κ1) is 10.5. The Hall–Kier alpha value is -2.06. The Morgan fingerprint density at radius 1 is 1.56 bits per heavy atom. The zero-order valence-electron chi connectivity index (χ0n) is 8.47. The van der Waals surface area contributed by atoms with Crippen LogP contribution in [0, 0.1) is 11.3 Å². The topological polar surface area (TPSA) is 74.7 Å². The second kappa shape index (κ2) is 4.64. The lowest BCUT2D eigenvalue weighted by Gasteiger charge is -2.06. The summed E-state index contributed by atoms with van der Waals surface area (Å²) in [5.41, 5.74) is 7.69. The first-order valence-corrected chi connectivity index (χ1v) is 5.64. The van der Waals surface area contributed by atoms with Crippen molar-refractivity contribution in [3.8, 4) is 6.07 Å². The van der Waals surface area contributed by atoms with E-state index in [1.165, 1.54) is 11.8 Å². The van der Waals surface area contributed by atoms with Gasteiger partial charge in [-0.15, -0.1) is 0 Å². The normalized spacial score (nSPS) is 9.69. The van der Waals surface area contributed by atoms with Crippen molar-refractivity contribution in [1.29, 1.82) is 5.26 Å². The number of anilines is 2. The Morgan fingerprint density at radius 3 is 3.12 bits per heavy atom. The molecular weight excluding hydrogens is 220 g/mol. The second-order valence-electron chi connectivity index (χ2n) is 3.26. The van der Waals surface area contributed by atoms with E-state index in [9.17, 15) is 0 Å². The van der Waals surface area contributed by atoms with Gasteiger partial charge in [0.25, 0.3) is 0 Å². The molecule has 4 nitrogen and oxygen atoms in total. The van der Waals surface area contributed by atoms with Gasteiger partial charge in [-0.1, -0.05) is 0 Å². The van der Waals surface area contributed by atoms with Crippen molar-refractivity contribution >= 4 is 22.8 Å². The minimum Gasteiger partial charge on any atom is -0.397 e. The van der Waals surface area contributed by atoms with Gasteiger partial charge in [0.2, 0.25) is 0 Å². The lowest BCUT2D eigenvalue weighted by atomic mass is 10.2. The third-order valence-electron chi connectivity index (χ3n) is 2.07. The van der Waals surface area contributed by atoms with Crippen molar-refractivity contribution in [2.45, 2.75) is 6.54 Å². The first-order chi connectivity index (χ1) is 7.79. The van der Waals surface area contributed by atoms with Crippen LogP contribution in [0.1, 0.15) is 11.1 Å². The minimum atomic E-state index is 0.468. The fraction of sp³-hybridized carbons (Fsp3) is 0.0909. The molecule has 0 fully saturated rings. The predicted octanol–water partition coefficient (Wildman–Crippen LogP) is 2.21. The maximum Gasteiger partial charge on any atom is 0.144 e. The van der Waals surface area contributed by atoms with Crippen LogP contribution in [0.4, 0.5) is 11.5 Å². The van der Waals surface area contributed by atoms with Crippen LogP contribution < -0.4 is 11.1 Å². The first-order valence-electron chi connectivity index (χ1n) is 4.70. The van der Waals surface area contributed by atoms with Crippen LogP contribution in [0.2, 0.25) is 0 Å². The number of nitrogens with two attached hydrogens (primary N) is 1. The Bertz CT molecular complexity index is 513. The van der Waals surface area contributed by atoms with Crippen LogP contribution >= 0.6 is 11.3 Å². The second-order valence-corrected chi connectivity index (χ2v) is 4.04. The zero-order chi connectivity index (χ0) is 11.4. The van der Waals surface area contributed by atoms with Gasteiger partial charge < -0.3 is 11.1 Å². The van der Waals surface area contributed by atoms with E-state index in [1.54, 1.807) is 17.4 Å². The van der Waals surface area contributed by atoms with E-state index in [0.717, 1.165) is 0 Å². The van der Waals surface area contributed by atoms with Crippen molar-refractivity contribution in [3.05, 3.63) is 40.2 Å². The SMILES string of the molecule is N#Cc1cc(N)cnc1NCc1ccsc1. The molecule has 2 rings (SSSR count). The molecule has 5 heteroatoms. The highest BCUT2D eigenvalue weighted by Gasteiger charge is 2.03. The predicted molar refractivity (Wildman–Crippen MR) is 65.0 cm³/mol. The molecule has 0 spiro atoms. The lowest BCUT2D eigenvalue weighted by molar-refractivity contribution is 1.12. The lowest BCUT2D eigenvalue weighted by Crippen LogP contribution is -2.03. The zero-order valence-corrected chi connectivity index (χ0v) is 9.29. The maximum absolute atomic E-state index is 8.92. The quantitative estimate of drug-likeness (QED) is 0.847. The molecule has 0 amide bonds. The molecule has 0 aliphatic carbocycles. The van der Waals surface area contributed by atoms with Crippen LogP contribution in [-0.2, 0) is 6.54 Å². The third-order valence-corrected chi connectivity index (χ3v) is 2.80. The molecule has 2 aromatic heterocycles. The molecule has 80 valence electrons. The molecule has 2 heterocycles. The van der Waals surface area contributed by atoms with E-state index in [-0.39, 0.29) is 0 Å². The van der Waals surface area contributed by atoms with Crippen LogP contribution in [0.3, 0.4) is 0 Å². The van der Waals surface area contributed by atoms with Gasteiger partial charge in [-0.2, -0.15) is 16.6 Å². The fourth-order valence-electron chi connectivity index (χ4n) is 1.29. The average molecular weight is 230 g/mol. The number of nitrogens with zero attached hydrogens (tertiary/aromatic N) is 2. The number of rotatable bonds is 3. The molecular formula is C11H10N4S. The van der Waals surface area contributed by atoms with E-state index < -0.39 is 0 Å². The molecule has 0 bridgehead atoms. The number of nitriles is 1. The number of nitrogen functional groups attached to an aromatic ring is 1. The van der Waals surface area contributed by atoms with Gasteiger partial charge in [-0.05, 0) is 28.5 Å². The monoisotopic (exact) mass is 230 g/mol. The molecule has 0 unspecified atom stereocenters. The summed E-state index contributed by atoms with van der Waals surface area (Å²) < 4.78 is 0. The number of hydrogen-bond donors (Lipinski definition) is 2. The van der Waals surface area contributed by atoms with Crippen molar-refractivity contribution in [3.63, 3.8) is 0 Å². The smallest absolute Gasteiger partial charge is 0.144 e. The number of thiophene rings is 1. The Labute approximate surface area is 97.4 Å². The molecule has 0 aromatic carbocycles. The van der Waals surface area contributed by atoms with Gasteiger partial charge in [-0.3, -0.25) is 0 Å². The molecule has 0 aliphatic rings. The highest BCUT2D eigenvalue weighted by atomic mass is 32.1. The summed E-state index contributed by atoms with van der Waals surface area (Å²) in [6.07, 6.45) is 1.54. The van der Waals surface area contributed by atoms with Crippen molar-refractivity contribution in [2.24, 2.45) is 0 Å². The van der Waals surface area contributed by atoms with Gasteiger partial charge in [0.15, 0.2) is 0 Å². The molecule has 0 saturated heterocycles. The van der Waals surface area contributed by atoms with Gasteiger partial charge in [0.1, 0.15) is 11.9 Å². The van der Waals surface area contributed by atoms with Crippen LogP contribution in [-0.4, -0.2) is 4.98 Å². The number of pyridine rings is 1. The largest absolute Gasteiger partial charge is 0.397 e. The van der Waals surface area contributed by atoms with Crippen LogP contribution in [0.25, 0.3) is 0 Å². The average Bonchev–Trinajstić information content (AvgIpc) is 2.80. The summed E-state index contributed by atoms with van der Waals surface area (Å²) in [5.74, 6) is 0.572. The summed E-state index contributed by atoms with van der Waals surface area (Å²) in [6, 6.07) is 5.71. The summed E-state index contributed by atoms with van der Waals surface area (Å²) in [6.45, 7) is 0.662. The third kappa shape index (κ3) is 2.30. The van der Waals surface area contributed by atoms with Crippen LogP contribution in [0.15, 0.2) is 29.1 Å². The Kier molecular flexibility index (Phi) is 3.03. The number of hydrogen-bond acceptors (Lipinski definition) is 5. The van der Waals surface area contributed by atoms with Crippen molar-refractivity contribution < 1.29 is 0 Å². The van der Waals surface area contributed by atoms with Gasteiger partial charge in [-0.25, -0.2) is 4.98 Å². The van der Waals surface area contributed by atoms with E-state index in [2.05, 4.69) is 21.8 Å². The molecule has 0 radical (unpaired) electrons. The van der Waals surface area contributed by atoms with Gasteiger partial charge in [0, 0.05) is 6.54 Å². The van der Waals surface area contributed by atoms with E-state index >= 15 is 0 Å². The molecule has 0 aliphatic heterocycles. The maximum atomic E-state index is 8.92. The standard InChI is InChI=1S/C11H10N4S/c12-4-9-3-10(13)6-15-11(9)14-5-8-1-2-16-7-8/h1-3,6-7H,5,13H2,(H,14,15). The molecule has 16 heavy (non-hydrogen) atoms. The number of nitrogens with one attached hydrogen (secondary N) is 1. The van der Waals surface area contributed by atoms with Crippen molar-refractivity contribution in [1.82, 2.24) is 4.98 Å². The Morgan fingerprint density at radius 2 is 2.44 bits per heavy atom. The summed E-state index contributed by atoms with van der Waals surface area (Å²) in [5, 5.41) is 16.1. The van der Waals surface area contributed by atoms with E-state index in [4.69, 9.17) is 11.0 Å². The fourth-order valence-corrected chi connectivity index (χ4v) is 1.95. The number of aromatic nitrogens is 1. The van der Waals surface area contributed by atoms with Crippen LogP contribution in [0.5, 0.6) is 0 Å². The minimum absolute atomic E-state index is 0.468. The van der Waals surface area contributed by atoms with E-state index in [0.29, 0.717) is 23.6 Å². The molecule has 0 saturated carbocycles.